The maximum Gasteiger partial charge on any atom is 0.266 e. The Morgan fingerprint density at radius 3 is 2.66 bits per heavy atom. The van der Waals surface area contributed by atoms with Gasteiger partial charge < -0.3 is 5.32 Å². The van der Waals surface area contributed by atoms with E-state index in [0.717, 1.165) is 5.56 Å². The monoisotopic (exact) mass is 462 g/mol. The third-order valence-electron chi connectivity index (χ3n) is 4.00. The first kappa shape index (κ1) is 21.6. The van der Waals surface area contributed by atoms with E-state index < -0.39 is 0 Å². The summed E-state index contributed by atoms with van der Waals surface area (Å²) in [5.41, 5.74) is 1.47. The predicted octanol–water partition coefficient (Wildman–Crippen LogP) is 5.78. The van der Waals surface area contributed by atoms with Crippen molar-refractivity contribution in [1.82, 2.24) is 4.90 Å². The summed E-state index contributed by atoms with van der Waals surface area (Å²) in [6, 6.07) is 14.8. The molecule has 0 unspecified atom stereocenters. The number of carbonyl (C=O) groups excluding carboxylic acids is 2. The fourth-order valence-corrected chi connectivity index (χ4v) is 4.15. The molecule has 2 aromatic carbocycles. The normalized spacial score (nSPS) is 15.5. The molecule has 8 heteroatoms. The van der Waals surface area contributed by atoms with Gasteiger partial charge >= 0.3 is 0 Å². The van der Waals surface area contributed by atoms with Gasteiger partial charge in [0.05, 0.1) is 20.6 Å². The number of hydrogen-bond acceptors (Lipinski definition) is 4. The van der Waals surface area contributed by atoms with Gasteiger partial charge in [-0.3, -0.25) is 14.5 Å². The number of allylic oxidation sites excluding steroid dienone is 2. The highest BCUT2D eigenvalue weighted by Gasteiger charge is 2.31. The van der Waals surface area contributed by atoms with Crippen molar-refractivity contribution in [3.63, 3.8) is 0 Å². The van der Waals surface area contributed by atoms with Gasteiger partial charge in [-0.15, -0.1) is 0 Å². The summed E-state index contributed by atoms with van der Waals surface area (Å²) in [6.45, 7) is 0.189. The van der Waals surface area contributed by atoms with E-state index in [1.807, 2.05) is 42.5 Å². The molecule has 0 radical (unpaired) electrons. The van der Waals surface area contributed by atoms with Crippen molar-refractivity contribution >= 4 is 75.1 Å². The van der Waals surface area contributed by atoms with Gasteiger partial charge in [0.1, 0.15) is 4.32 Å². The lowest BCUT2D eigenvalue weighted by Crippen LogP contribution is -2.31. The number of nitrogens with one attached hydrogen (secondary N) is 1. The number of anilines is 1. The van der Waals surface area contributed by atoms with E-state index >= 15 is 0 Å². The van der Waals surface area contributed by atoms with E-state index in [2.05, 4.69) is 5.32 Å². The number of halogens is 2. The Kier molecular flexibility index (Phi) is 7.50. The molecule has 1 aliphatic rings. The lowest BCUT2D eigenvalue weighted by Gasteiger charge is -2.14. The van der Waals surface area contributed by atoms with E-state index in [4.69, 9.17) is 35.4 Å². The third-order valence-corrected chi connectivity index (χ3v) is 6.21. The minimum atomic E-state index is -0.281. The highest BCUT2D eigenvalue weighted by Crippen LogP contribution is 2.32. The fraction of sp³-hybridized carbons (Fsp3) is 0.0952. The van der Waals surface area contributed by atoms with Crippen LogP contribution in [-0.2, 0) is 9.59 Å². The van der Waals surface area contributed by atoms with Crippen molar-refractivity contribution in [2.24, 2.45) is 0 Å². The van der Waals surface area contributed by atoms with Crippen LogP contribution in [-0.4, -0.2) is 27.6 Å². The molecule has 0 atom stereocenters. The Balaban J connectivity index is 1.57. The highest BCUT2D eigenvalue weighted by atomic mass is 35.5. The second kappa shape index (κ2) is 10.1. The molecule has 1 heterocycles. The Bertz CT molecular complexity index is 1010. The zero-order valence-electron chi connectivity index (χ0n) is 15.1. The summed E-state index contributed by atoms with van der Waals surface area (Å²) < 4.78 is 0.433. The lowest BCUT2D eigenvalue weighted by atomic mass is 10.2. The topological polar surface area (TPSA) is 49.4 Å². The first-order chi connectivity index (χ1) is 14.0. The molecule has 1 N–H and O–H groups in total. The van der Waals surface area contributed by atoms with Crippen LogP contribution in [0.15, 0.2) is 65.6 Å². The number of thiocarbonyl (C=S) groups is 1. The van der Waals surface area contributed by atoms with Gasteiger partial charge in [-0.1, -0.05) is 95.7 Å². The van der Waals surface area contributed by atoms with Gasteiger partial charge in [0.15, 0.2) is 0 Å². The maximum atomic E-state index is 12.6. The number of thioether (sulfide) groups is 1. The molecule has 1 saturated heterocycles. The van der Waals surface area contributed by atoms with Crippen molar-refractivity contribution < 1.29 is 9.59 Å². The summed E-state index contributed by atoms with van der Waals surface area (Å²) in [6.07, 6.45) is 5.55. The van der Waals surface area contributed by atoms with Crippen LogP contribution in [0.1, 0.15) is 12.0 Å². The first-order valence-corrected chi connectivity index (χ1v) is 10.6. The smallest absolute Gasteiger partial charge is 0.266 e. The van der Waals surface area contributed by atoms with E-state index in [9.17, 15) is 9.59 Å². The molecule has 1 fully saturated rings. The van der Waals surface area contributed by atoms with E-state index in [0.29, 0.717) is 19.9 Å². The van der Waals surface area contributed by atoms with Crippen molar-refractivity contribution in [1.29, 1.82) is 0 Å². The second-order valence-corrected chi connectivity index (χ2v) is 8.49. The van der Waals surface area contributed by atoms with E-state index in [-0.39, 0.29) is 29.8 Å². The van der Waals surface area contributed by atoms with Gasteiger partial charge in [0, 0.05) is 13.0 Å². The first-order valence-electron chi connectivity index (χ1n) is 8.66. The Labute approximate surface area is 188 Å². The number of carbonyl (C=O) groups is 2. The van der Waals surface area contributed by atoms with Crippen LogP contribution in [0, 0.1) is 0 Å². The van der Waals surface area contributed by atoms with Crippen LogP contribution in [0.2, 0.25) is 10.0 Å². The molecule has 3 rings (SSSR count). The minimum Gasteiger partial charge on any atom is -0.325 e. The van der Waals surface area contributed by atoms with Crippen LogP contribution in [0.4, 0.5) is 5.69 Å². The Morgan fingerprint density at radius 2 is 1.90 bits per heavy atom. The Morgan fingerprint density at radius 1 is 1.14 bits per heavy atom. The van der Waals surface area contributed by atoms with Crippen LogP contribution in [0.25, 0.3) is 6.08 Å². The molecule has 29 heavy (non-hydrogen) atoms. The van der Waals surface area contributed by atoms with Crippen LogP contribution in [0.3, 0.4) is 0 Å². The van der Waals surface area contributed by atoms with Crippen LogP contribution >= 0.6 is 47.2 Å². The van der Waals surface area contributed by atoms with Gasteiger partial charge in [0.2, 0.25) is 5.91 Å². The molecule has 148 valence electrons. The molecule has 0 aromatic heterocycles. The lowest BCUT2D eigenvalue weighted by molar-refractivity contribution is -0.122. The van der Waals surface area contributed by atoms with Crippen molar-refractivity contribution in [2.75, 3.05) is 11.9 Å². The summed E-state index contributed by atoms with van der Waals surface area (Å²) in [4.78, 5) is 26.8. The molecule has 4 nitrogen and oxygen atoms in total. The molecule has 2 amide bonds. The van der Waals surface area contributed by atoms with E-state index in [1.54, 1.807) is 24.3 Å². The quantitative estimate of drug-likeness (QED) is 0.436. The van der Waals surface area contributed by atoms with E-state index in [1.165, 1.54) is 16.7 Å². The molecule has 2 aromatic rings. The van der Waals surface area contributed by atoms with Crippen LogP contribution in [0.5, 0.6) is 0 Å². The van der Waals surface area contributed by atoms with Gasteiger partial charge in [0.25, 0.3) is 5.91 Å². The molecule has 0 bridgehead atoms. The minimum absolute atomic E-state index is 0.0857. The SMILES string of the molecule is O=C(CCN1C(=O)/C(=C/C=C/c2ccccc2)SC1=S)Nc1cccc(Cl)c1Cl. The average molecular weight is 463 g/mol. The molecule has 0 aliphatic carbocycles. The third kappa shape index (κ3) is 5.70. The molecule has 0 spiro atoms. The Hall–Kier alpha value is -2.12. The fourth-order valence-electron chi connectivity index (χ4n) is 2.54. The zero-order valence-corrected chi connectivity index (χ0v) is 18.2. The maximum absolute atomic E-state index is 12.6. The highest BCUT2D eigenvalue weighted by molar-refractivity contribution is 8.26. The van der Waals surface area contributed by atoms with Crippen LogP contribution < -0.4 is 5.32 Å². The number of hydrogen-bond donors (Lipinski definition) is 1. The summed E-state index contributed by atoms with van der Waals surface area (Å²) in [5, 5.41) is 3.33. The van der Waals surface area contributed by atoms with Gasteiger partial charge in [-0.05, 0) is 23.8 Å². The molecule has 0 saturated carbocycles. The standard InChI is InChI=1S/C21H16Cl2N2O2S2/c22-15-9-5-10-16(19(15)23)24-18(26)12-13-25-20(27)17(29-21(25)28)11-4-8-14-6-2-1-3-7-14/h1-11H,12-13H2,(H,24,26)/b8-4+,17-11-. The zero-order chi connectivity index (χ0) is 20.8. The number of rotatable bonds is 6. The summed E-state index contributed by atoms with van der Waals surface area (Å²) in [5.74, 6) is -0.484. The van der Waals surface area contributed by atoms with Crippen molar-refractivity contribution in [2.45, 2.75) is 6.42 Å². The molecule has 1 aliphatic heterocycles. The summed E-state index contributed by atoms with van der Waals surface area (Å²) in [7, 11) is 0. The molecular formula is C21H16Cl2N2O2S2. The van der Waals surface area contributed by atoms with Gasteiger partial charge in [-0.25, -0.2) is 0 Å². The second-order valence-electron chi connectivity index (χ2n) is 6.03. The molecular weight excluding hydrogens is 447 g/mol. The average Bonchev–Trinajstić information content (AvgIpc) is 2.98. The number of amides is 2. The number of benzene rings is 2. The van der Waals surface area contributed by atoms with Crippen molar-refractivity contribution in [3.8, 4) is 0 Å². The van der Waals surface area contributed by atoms with Crippen molar-refractivity contribution in [3.05, 3.63) is 81.2 Å². The largest absolute Gasteiger partial charge is 0.325 e. The number of nitrogens with zero attached hydrogens (tertiary/aromatic N) is 1. The summed E-state index contributed by atoms with van der Waals surface area (Å²) >= 11 is 18.5. The predicted molar refractivity (Wildman–Crippen MR) is 125 cm³/mol. The van der Waals surface area contributed by atoms with Gasteiger partial charge in [-0.2, -0.15) is 0 Å².